The van der Waals surface area contributed by atoms with Crippen LogP contribution in [0.25, 0.3) is 5.76 Å². The summed E-state index contributed by atoms with van der Waals surface area (Å²) in [5, 5.41) is 14.5. The highest BCUT2D eigenvalue weighted by Crippen LogP contribution is 2.26. The van der Waals surface area contributed by atoms with Crippen molar-refractivity contribution >= 4 is 11.6 Å². The summed E-state index contributed by atoms with van der Waals surface area (Å²) in [6, 6.07) is 7.13. The van der Waals surface area contributed by atoms with Crippen LogP contribution >= 0.6 is 0 Å². The number of nitriles is 1. The van der Waals surface area contributed by atoms with Gasteiger partial charge in [-0.25, -0.2) is 9.97 Å². The molecule has 7 nitrogen and oxygen atoms in total. The summed E-state index contributed by atoms with van der Waals surface area (Å²) in [5.41, 5.74) is 0.753. The van der Waals surface area contributed by atoms with Gasteiger partial charge in [0.1, 0.15) is 23.4 Å². The maximum Gasteiger partial charge on any atom is 0.573 e. The lowest BCUT2D eigenvalue weighted by atomic mass is 10.2. The average Bonchev–Trinajstić information content (AvgIpc) is 3.03. The number of anilines is 1. The molecular formula is C15H10F3N5O2. The van der Waals surface area contributed by atoms with Crippen molar-refractivity contribution in [3.63, 3.8) is 0 Å². The van der Waals surface area contributed by atoms with E-state index in [1.54, 1.807) is 6.20 Å². The molecule has 0 bridgehead atoms. The zero-order valence-electron chi connectivity index (χ0n) is 12.4. The van der Waals surface area contributed by atoms with Crippen molar-refractivity contribution in [2.45, 2.75) is 12.7 Å². The smallest absolute Gasteiger partial charge is 0.450 e. The first kappa shape index (κ1) is 16.4. The summed E-state index contributed by atoms with van der Waals surface area (Å²) in [6.07, 6.45) is -1.11. The fourth-order valence-corrected chi connectivity index (χ4v) is 1.98. The highest BCUT2D eigenvalue weighted by molar-refractivity contribution is 5.62. The first-order valence-electron chi connectivity index (χ1n) is 6.91. The van der Waals surface area contributed by atoms with Gasteiger partial charge in [-0.3, -0.25) is 0 Å². The molecule has 0 aliphatic carbocycles. The van der Waals surface area contributed by atoms with Gasteiger partial charge in [-0.05, 0) is 24.3 Å². The van der Waals surface area contributed by atoms with Crippen LogP contribution in [0.3, 0.4) is 0 Å². The first-order valence-corrected chi connectivity index (χ1v) is 6.91. The van der Waals surface area contributed by atoms with Crippen LogP contribution in [0.5, 0.6) is 5.75 Å². The number of hydrogen-bond donors (Lipinski definition) is 2. The number of rotatable bonds is 4. The van der Waals surface area contributed by atoms with E-state index in [0.29, 0.717) is 17.1 Å². The molecular weight excluding hydrogens is 339 g/mol. The molecule has 1 aromatic carbocycles. The molecule has 128 valence electrons. The molecule has 0 saturated carbocycles. The molecule has 2 heterocycles. The molecule has 0 amide bonds. The second-order valence-corrected chi connectivity index (χ2v) is 4.79. The molecule has 1 aliphatic heterocycles. The lowest BCUT2D eigenvalue weighted by molar-refractivity contribution is -0.274. The van der Waals surface area contributed by atoms with Gasteiger partial charge in [0.15, 0.2) is 5.69 Å². The predicted molar refractivity (Wildman–Crippen MR) is 79.5 cm³/mol. The van der Waals surface area contributed by atoms with E-state index in [0.717, 1.165) is 0 Å². The molecule has 1 aromatic heterocycles. The van der Waals surface area contributed by atoms with Crippen LogP contribution < -0.4 is 15.4 Å². The maximum atomic E-state index is 12.1. The lowest BCUT2D eigenvalue weighted by Crippen LogP contribution is -2.30. The number of ether oxygens (including phenoxy) is 2. The van der Waals surface area contributed by atoms with Gasteiger partial charge in [0.2, 0.25) is 6.35 Å². The third-order valence-electron chi connectivity index (χ3n) is 3.03. The van der Waals surface area contributed by atoms with Crippen molar-refractivity contribution in [3.8, 4) is 11.8 Å². The monoisotopic (exact) mass is 349 g/mol. The Morgan fingerprint density at radius 2 is 1.96 bits per heavy atom. The van der Waals surface area contributed by atoms with Gasteiger partial charge < -0.3 is 20.1 Å². The fraction of sp³-hybridized carbons (Fsp3) is 0.133. The lowest BCUT2D eigenvalue weighted by Gasteiger charge is -2.15. The van der Waals surface area contributed by atoms with Crippen LogP contribution in [0.4, 0.5) is 19.0 Å². The van der Waals surface area contributed by atoms with Crippen LogP contribution in [-0.4, -0.2) is 22.7 Å². The summed E-state index contributed by atoms with van der Waals surface area (Å²) in [6.45, 7) is 0. The van der Waals surface area contributed by atoms with Gasteiger partial charge in [0.05, 0.1) is 12.4 Å². The Hall–Kier alpha value is -3.48. The van der Waals surface area contributed by atoms with Crippen molar-refractivity contribution in [2.75, 3.05) is 5.32 Å². The summed E-state index contributed by atoms with van der Waals surface area (Å²) >= 11 is 0. The van der Waals surface area contributed by atoms with E-state index < -0.39 is 12.7 Å². The SMILES string of the molecule is N#Cc1cnc(NC2NC=C(c3ccc(OC(F)(F)F)cc3)O2)cn1. The van der Waals surface area contributed by atoms with Crippen LogP contribution in [0.15, 0.2) is 42.9 Å². The van der Waals surface area contributed by atoms with Crippen LogP contribution in [0, 0.1) is 11.3 Å². The van der Waals surface area contributed by atoms with Crippen molar-refractivity contribution in [1.82, 2.24) is 15.3 Å². The zero-order chi connectivity index (χ0) is 17.9. The molecule has 1 aliphatic rings. The molecule has 2 aromatic rings. The molecule has 3 rings (SSSR count). The second kappa shape index (κ2) is 6.56. The molecule has 1 unspecified atom stereocenters. The summed E-state index contributed by atoms with van der Waals surface area (Å²) in [7, 11) is 0. The number of aromatic nitrogens is 2. The van der Waals surface area contributed by atoms with Crippen molar-refractivity contribution in [2.24, 2.45) is 0 Å². The third-order valence-corrected chi connectivity index (χ3v) is 3.03. The van der Waals surface area contributed by atoms with Crippen molar-refractivity contribution in [3.05, 3.63) is 54.1 Å². The predicted octanol–water partition coefficient (Wildman–Crippen LogP) is 2.56. The Morgan fingerprint density at radius 3 is 2.56 bits per heavy atom. The summed E-state index contributed by atoms with van der Waals surface area (Å²) < 4.78 is 45.8. The van der Waals surface area contributed by atoms with E-state index in [9.17, 15) is 13.2 Å². The summed E-state index contributed by atoms with van der Waals surface area (Å²) in [5.74, 6) is 0.503. The maximum absolute atomic E-state index is 12.1. The molecule has 10 heteroatoms. The molecule has 1 atom stereocenters. The Balaban J connectivity index is 1.59. The third kappa shape index (κ3) is 4.29. The number of halogens is 3. The number of nitrogens with one attached hydrogen (secondary N) is 2. The fourth-order valence-electron chi connectivity index (χ4n) is 1.98. The van der Waals surface area contributed by atoms with Crippen molar-refractivity contribution < 1.29 is 22.6 Å². The molecule has 0 fully saturated rings. The quantitative estimate of drug-likeness (QED) is 0.876. The minimum Gasteiger partial charge on any atom is -0.450 e. The minimum atomic E-state index is -4.73. The van der Waals surface area contributed by atoms with E-state index in [2.05, 4.69) is 25.3 Å². The van der Waals surface area contributed by atoms with Gasteiger partial charge in [-0.15, -0.1) is 13.2 Å². The van der Waals surface area contributed by atoms with E-state index in [1.165, 1.54) is 36.7 Å². The van der Waals surface area contributed by atoms with Gasteiger partial charge in [-0.1, -0.05) is 0 Å². The normalized spacial score (nSPS) is 16.2. The highest BCUT2D eigenvalue weighted by Gasteiger charge is 2.31. The van der Waals surface area contributed by atoms with Gasteiger partial charge in [-0.2, -0.15) is 5.26 Å². The largest absolute Gasteiger partial charge is 0.573 e. The zero-order valence-corrected chi connectivity index (χ0v) is 12.4. The number of alkyl halides is 3. The van der Waals surface area contributed by atoms with E-state index in [-0.39, 0.29) is 11.4 Å². The van der Waals surface area contributed by atoms with Crippen LogP contribution in [0.2, 0.25) is 0 Å². The number of hydrogen-bond acceptors (Lipinski definition) is 7. The minimum absolute atomic E-state index is 0.186. The van der Waals surface area contributed by atoms with Crippen LogP contribution in [0.1, 0.15) is 11.3 Å². The molecule has 2 N–H and O–H groups in total. The van der Waals surface area contributed by atoms with E-state index in [1.807, 2.05) is 6.07 Å². The Labute approximate surface area is 139 Å². The standard InChI is InChI=1S/C15H10F3N5O2/c16-15(17,18)25-11-3-1-9(2-4-11)12-7-22-14(24-12)23-13-8-20-10(5-19)6-21-13/h1-4,6-8,14,22H,(H,21,23). The van der Waals surface area contributed by atoms with Crippen LogP contribution in [-0.2, 0) is 4.74 Å². The van der Waals surface area contributed by atoms with Gasteiger partial charge >= 0.3 is 6.36 Å². The van der Waals surface area contributed by atoms with Crippen molar-refractivity contribution in [1.29, 1.82) is 5.26 Å². The average molecular weight is 349 g/mol. The number of benzene rings is 1. The Bertz CT molecular complexity index is 813. The highest BCUT2D eigenvalue weighted by atomic mass is 19.4. The Kier molecular flexibility index (Phi) is 4.30. The number of nitrogens with zero attached hydrogens (tertiary/aromatic N) is 3. The molecule has 0 saturated heterocycles. The molecule has 0 spiro atoms. The first-order chi connectivity index (χ1) is 11.9. The van der Waals surface area contributed by atoms with Gasteiger partial charge in [0, 0.05) is 11.8 Å². The van der Waals surface area contributed by atoms with E-state index >= 15 is 0 Å². The Morgan fingerprint density at radius 1 is 1.20 bits per heavy atom. The molecule has 25 heavy (non-hydrogen) atoms. The topological polar surface area (TPSA) is 92.1 Å². The van der Waals surface area contributed by atoms with Gasteiger partial charge in [0.25, 0.3) is 0 Å². The molecule has 0 radical (unpaired) electrons. The van der Waals surface area contributed by atoms with E-state index in [4.69, 9.17) is 10.00 Å². The summed E-state index contributed by atoms with van der Waals surface area (Å²) in [4.78, 5) is 7.86. The second-order valence-electron chi connectivity index (χ2n) is 4.79.